The molecule has 2 aromatic heterocycles. The quantitative estimate of drug-likeness (QED) is 0.771. The van der Waals surface area contributed by atoms with E-state index >= 15 is 0 Å². The molecule has 2 amide bonds. The number of aryl methyl sites for hydroxylation is 1. The van der Waals surface area contributed by atoms with E-state index in [1.807, 2.05) is 0 Å². The van der Waals surface area contributed by atoms with Crippen molar-refractivity contribution in [2.24, 2.45) is 0 Å². The lowest BCUT2D eigenvalue weighted by molar-refractivity contribution is -0.117. The van der Waals surface area contributed by atoms with Crippen LogP contribution < -0.4 is 10.6 Å². The van der Waals surface area contributed by atoms with Crippen LogP contribution in [-0.2, 0) is 4.79 Å². The number of aromatic nitrogens is 1. The number of oxazole rings is 1. The van der Waals surface area contributed by atoms with Crippen LogP contribution in [0.3, 0.4) is 0 Å². The van der Waals surface area contributed by atoms with Gasteiger partial charge in [-0.2, -0.15) is 0 Å². The second kappa shape index (κ2) is 5.96. The molecule has 1 aromatic carbocycles. The van der Waals surface area contributed by atoms with Crippen LogP contribution >= 0.6 is 0 Å². The molecule has 0 radical (unpaired) electrons. The summed E-state index contributed by atoms with van der Waals surface area (Å²) >= 11 is 0. The fraction of sp³-hybridized carbons (Fsp3) is 0.188. The summed E-state index contributed by atoms with van der Waals surface area (Å²) < 4.78 is 10.3. The third kappa shape index (κ3) is 3.23. The van der Waals surface area contributed by atoms with E-state index in [0.29, 0.717) is 22.7 Å². The van der Waals surface area contributed by atoms with Gasteiger partial charge in [0.15, 0.2) is 11.5 Å². The first-order chi connectivity index (χ1) is 11.0. The Labute approximate surface area is 131 Å². The highest BCUT2D eigenvalue weighted by molar-refractivity contribution is 6.01. The van der Waals surface area contributed by atoms with Crippen molar-refractivity contribution in [3.05, 3.63) is 48.2 Å². The molecule has 118 valence electrons. The fourth-order valence-corrected chi connectivity index (χ4v) is 2.11. The van der Waals surface area contributed by atoms with Crippen LogP contribution in [0.15, 0.2) is 45.6 Å². The molecule has 3 rings (SSSR count). The van der Waals surface area contributed by atoms with Crippen molar-refractivity contribution in [1.82, 2.24) is 10.3 Å². The summed E-state index contributed by atoms with van der Waals surface area (Å²) in [7, 11) is 0. The lowest BCUT2D eigenvalue weighted by Crippen LogP contribution is -2.41. The molecule has 7 nitrogen and oxygen atoms in total. The predicted molar refractivity (Wildman–Crippen MR) is 83.0 cm³/mol. The van der Waals surface area contributed by atoms with Gasteiger partial charge in [-0.05, 0) is 25.1 Å². The highest BCUT2D eigenvalue weighted by Gasteiger charge is 2.17. The topological polar surface area (TPSA) is 97.4 Å². The summed E-state index contributed by atoms with van der Waals surface area (Å²) in [6.07, 6.45) is 2.72. The zero-order valence-electron chi connectivity index (χ0n) is 12.6. The fourth-order valence-electron chi connectivity index (χ4n) is 2.11. The van der Waals surface area contributed by atoms with Crippen molar-refractivity contribution in [3.63, 3.8) is 0 Å². The van der Waals surface area contributed by atoms with Gasteiger partial charge in [-0.15, -0.1) is 0 Å². The number of hydrogen-bond acceptors (Lipinski definition) is 5. The Morgan fingerprint density at radius 2 is 2.09 bits per heavy atom. The molecule has 0 saturated heterocycles. The van der Waals surface area contributed by atoms with Crippen molar-refractivity contribution < 1.29 is 18.4 Å². The largest absolute Gasteiger partial charge is 0.472 e. The van der Waals surface area contributed by atoms with Gasteiger partial charge in [-0.3, -0.25) is 9.59 Å². The van der Waals surface area contributed by atoms with Crippen LogP contribution in [-0.4, -0.2) is 22.8 Å². The van der Waals surface area contributed by atoms with Gasteiger partial charge in [0, 0.05) is 18.7 Å². The lowest BCUT2D eigenvalue weighted by atomic mass is 10.2. The average Bonchev–Trinajstić information content (AvgIpc) is 3.14. The Kier molecular flexibility index (Phi) is 3.84. The zero-order chi connectivity index (χ0) is 16.4. The van der Waals surface area contributed by atoms with Gasteiger partial charge in [0.1, 0.15) is 17.8 Å². The van der Waals surface area contributed by atoms with Crippen LogP contribution in [0, 0.1) is 6.92 Å². The summed E-state index contributed by atoms with van der Waals surface area (Å²) in [6.45, 7) is 3.36. The third-order valence-corrected chi connectivity index (χ3v) is 3.29. The highest BCUT2D eigenvalue weighted by atomic mass is 16.3. The van der Waals surface area contributed by atoms with E-state index in [9.17, 15) is 9.59 Å². The summed E-state index contributed by atoms with van der Waals surface area (Å²) in [5, 5.41) is 5.33. The zero-order valence-corrected chi connectivity index (χ0v) is 12.6. The van der Waals surface area contributed by atoms with Crippen molar-refractivity contribution in [3.8, 4) is 0 Å². The van der Waals surface area contributed by atoms with Gasteiger partial charge >= 0.3 is 0 Å². The number of carbonyl (C=O) groups is 2. The summed E-state index contributed by atoms with van der Waals surface area (Å²) in [4.78, 5) is 28.2. The molecule has 0 fully saturated rings. The monoisotopic (exact) mass is 313 g/mol. The standard InChI is InChI=1S/C16H15N3O4/c1-9(17-16(21)11-5-6-22-8-11)15(20)19-12-3-4-13-14(7-12)23-10(2)18-13/h3-9H,1-2H3,(H,17,21)(H,19,20). The Balaban J connectivity index is 1.66. The number of anilines is 1. The first-order valence-electron chi connectivity index (χ1n) is 7.04. The summed E-state index contributed by atoms with van der Waals surface area (Å²) in [5.74, 6) is -0.149. The predicted octanol–water partition coefficient (Wildman–Crippen LogP) is 2.49. The molecular formula is C16H15N3O4. The number of hydrogen-bond donors (Lipinski definition) is 2. The molecule has 1 unspecified atom stereocenters. The van der Waals surface area contributed by atoms with Gasteiger partial charge in [-0.25, -0.2) is 4.98 Å². The SMILES string of the molecule is Cc1nc2ccc(NC(=O)C(C)NC(=O)c3ccoc3)cc2o1. The summed E-state index contributed by atoms with van der Waals surface area (Å²) in [5.41, 5.74) is 2.25. The normalized spacial score (nSPS) is 12.1. The van der Waals surface area contributed by atoms with Crippen molar-refractivity contribution in [2.45, 2.75) is 19.9 Å². The molecule has 0 spiro atoms. The van der Waals surface area contributed by atoms with Crippen LogP contribution in [0.1, 0.15) is 23.2 Å². The van der Waals surface area contributed by atoms with Crippen molar-refractivity contribution >= 4 is 28.6 Å². The smallest absolute Gasteiger partial charge is 0.255 e. The molecule has 1 atom stereocenters. The maximum Gasteiger partial charge on any atom is 0.255 e. The molecular weight excluding hydrogens is 298 g/mol. The Bertz CT molecular complexity index is 851. The lowest BCUT2D eigenvalue weighted by Gasteiger charge is -2.13. The minimum Gasteiger partial charge on any atom is -0.472 e. The van der Waals surface area contributed by atoms with E-state index < -0.39 is 6.04 Å². The average molecular weight is 313 g/mol. The Morgan fingerprint density at radius 1 is 1.26 bits per heavy atom. The van der Waals surface area contributed by atoms with Crippen LogP contribution in [0.25, 0.3) is 11.1 Å². The van der Waals surface area contributed by atoms with E-state index in [-0.39, 0.29) is 11.8 Å². The van der Waals surface area contributed by atoms with Crippen LogP contribution in [0.2, 0.25) is 0 Å². The van der Waals surface area contributed by atoms with Crippen LogP contribution in [0.5, 0.6) is 0 Å². The third-order valence-electron chi connectivity index (χ3n) is 3.29. The van der Waals surface area contributed by atoms with E-state index in [2.05, 4.69) is 15.6 Å². The molecule has 0 aliphatic carbocycles. The molecule has 2 heterocycles. The van der Waals surface area contributed by atoms with E-state index in [0.717, 1.165) is 5.52 Å². The van der Waals surface area contributed by atoms with Gasteiger partial charge in [0.25, 0.3) is 5.91 Å². The first-order valence-corrected chi connectivity index (χ1v) is 7.04. The maximum atomic E-state index is 12.2. The van der Waals surface area contributed by atoms with E-state index in [1.54, 1.807) is 32.0 Å². The molecule has 2 N–H and O–H groups in total. The number of amides is 2. The number of nitrogens with zero attached hydrogens (tertiary/aromatic N) is 1. The second-order valence-corrected chi connectivity index (χ2v) is 5.11. The molecule has 23 heavy (non-hydrogen) atoms. The minimum atomic E-state index is -0.704. The van der Waals surface area contributed by atoms with Gasteiger partial charge in [-0.1, -0.05) is 0 Å². The number of benzene rings is 1. The molecule has 7 heteroatoms. The molecule has 0 aliphatic rings. The molecule has 0 saturated carbocycles. The molecule has 0 aliphatic heterocycles. The van der Waals surface area contributed by atoms with Gasteiger partial charge in [0.05, 0.1) is 11.8 Å². The maximum absolute atomic E-state index is 12.2. The highest BCUT2D eigenvalue weighted by Crippen LogP contribution is 2.19. The van der Waals surface area contributed by atoms with Crippen molar-refractivity contribution in [2.75, 3.05) is 5.32 Å². The number of nitrogens with one attached hydrogen (secondary N) is 2. The molecule has 0 bridgehead atoms. The van der Waals surface area contributed by atoms with Gasteiger partial charge < -0.3 is 19.5 Å². The van der Waals surface area contributed by atoms with E-state index in [1.165, 1.54) is 18.6 Å². The summed E-state index contributed by atoms with van der Waals surface area (Å²) in [6, 6.07) is 6.01. The van der Waals surface area contributed by atoms with Crippen molar-refractivity contribution in [1.29, 1.82) is 0 Å². The van der Waals surface area contributed by atoms with Gasteiger partial charge in [0.2, 0.25) is 5.91 Å². The van der Waals surface area contributed by atoms with E-state index in [4.69, 9.17) is 8.83 Å². The van der Waals surface area contributed by atoms with Crippen LogP contribution in [0.4, 0.5) is 5.69 Å². The second-order valence-electron chi connectivity index (χ2n) is 5.11. The Morgan fingerprint density at radius 3 is 2.83 bits per heavy atom. The number of rotatable bonds is 4. The Hall–Kier alpha value is -3.09. The number of fused-ring (bicyclic) bond motifs is 1. The minimum absolute atomic E-state index is 0.336. The number of carbonyl (C=O) groups excluding carboxylic acids is 2. The number of furan rings is 1. The first kappa shape index (κ1) is 14.8. The molecule has 3 aromatic rings.